The summed E-state index contributed by atoms with van der Waals surface area (Å²) in [5, 5.41) is 5.30. The summed E-state index contributed by atoms with van der Waals surface area (Å²) in [6.07, 6.45) is 6.73. The van der Waals surface area contributed by atoms with Crippen molar-refractivity contribution in [2.75, 3.05) is 13.1 Å². The van der Waals surface area contributed by atoms with E-state index in [-0.39, 0.29) is 6.03 Å². The quantitative estimate of drug-likeness (QED) is 0.265. The van der Waals surface area contributed by atoms with Crippen LogP contribution in [-0.4, -0.2) is 33.6 Å². The standard InChI is InChI=1S/C27H23BrCl2N4O/c28-20-5-8-22-23-17-33(12-1-2-18-3-6-21(29)7-4-18)13-10-24(23)34(25(22)15-20)27(35)32-16-19-9-11-31-26(30)14-19/h1-9,11,14-15H,10,12-13,16-17H2,(H,32,35)/b2-1+. The van der Waals surface area contributed by atoms with Gasteiger partial charge < -0.3 is 5.32 Å². The highest BCUT2D eigenvalue weighted by Gasteiger charge is 2.26. The molecule has 178 valence electrons. The molecule has 5 nitrogen and oxygen atoms in total. The van der Waals surface area contributed by atoms with Crippen LogP contribution < -0.4 is 5.32 Å². The van der Waals surface area contributed by atoms with Gasteiger partial charge in [-0.25, -0.2) is 9.78 Å². The normalized spacial score (nSPS) is 13.9. The summed E-state index contributed by atoms with van der Waals surface area (Å²) < 4.78 is 2.77. The highest BCUT2D eigenvalue weighted by atomic mass is 79.9. The number of hydrogen-bond donors (Lipinski definition) is 1. The maximum Gasteiger partial charge on any atom is 0.326 e. The first kappa shape index (κ1) is 24.1. The van der Waals surface area contributed by atoms with Gasteiger partial charge >= 0.3 is 6.03 Å². The van der Waals surface area contributed by atoms with Gasteiger partial charge in [-0.2, -0.15) is 0 Å². The van der Waals surface area contributed by atoms with Gasteiger partial charge in [-0.15, -0.1) is 0 Å². The first-order valence-electron chi connectivity index (χ1n) is 11.3. The van der Waals surface area contributed by atoms with Gasteiger partial charge in [0.15, 0.2) is 0 Å². The molecule has 0 fully saturated rings. The summed E-state index contributed by atoms with van der Waals surface area (Å²) in [6, 6.07) is 17.4. The van der Waals surface area contributed by atoms with E-state index in [1.807, 2.05) is 47.0 Å². The van der Waals surface area contributed by atoms with Crippen LogP contribution in [0, 0.1) is 0 Å². The largest absolute Gasteiger partial charge is 0.333 e. The zero-order valence-corrected chi connectivity index (χ0v) is 21.9. The van der Waals surface area contributed by atoms with E-state index in [1.54, 1.807) is 12.3 Å². The second-order valence-corrected chi connectivity index (χ2v) is 10.2. The first-order valence-corrected chi connectivity index (χ1v) is 12.9. The summed E-state index contributed by atoms with van der Waals surface area (Å²) in [4.78, 5) is 19.8. The maximum absolute atomic E-state index is 13.3. The number of aromatic nitrogens is 2. The van der Waals surface area contributed by atoms with Crippen LogP contribution in [0.25, 0.3) is 17.0 Å². The Labute approximate surface area is 222 Å². The average molecular weight is 570 g/mol. The molecule has 0 spiro atoms. The molecule has 1 amide bonds. The van der Waals surface area contributed by atoms with E-state index in [1.165, 1.54) is 5.56 Å². The predicted octanol–water partition coefficient (Wildman–Crippen LogP) is 6.94. The summed E-state index contributed by atoms with van der Waals surface area (Å²) >= 11 is 15.5. The lowest BCUT2D eigenvalue weighted by Gasteiger charge is -2.27. The number of rotatable bonds is 5. The molecule has 0 atom stereocenters. The van der Waals surface area contributed by atoms with Crippen LogP contribution in [0.1, 0.15) is 22.4 Å². The van der Waals surface area contributed by atoms with E-state index in [0.29, 0.717) is 11.7 Å². The molecule has 0 saturated heterocycles. The molecular weight excluding hydrogens is 547 g/mol. The van der Waals surface area contributed by atoms with Gasteiger partial charge in [-0.1, -0.05) is 69.5 Å². The third-order valence-electron chi connectivity index (χ3n) is 6.17. The van der Waals surface area contributed by atoms with Gasteiger partial charge in [-0.05, 0) is 53.1 Å². The fourth-order valence-electron chi connectivity index (χ4n) is 4.50. The molecule has 1 N–H and O–H groups in total. The second kappa shape index (κ2) is 10.5. The molecule has 0 aliphatic carbocycles. The van der Waals surface area contributed by atoms with Crippen LogP contribution in [-0.2, 0) is 19.5 Å². The number of fused-ring (bicyclic) bond motifs is 3. The molecule has 4 aromatic rings. The van der Waals surface area contributed by atoms with E-state index in [4.69, 9.17) is 23.2 Å². The molecule has 0 saturated carbocycles. The molecule has 0 unspecified atom stereocenters. The average Bonchev–Trinajstić information content (AvgIpc) is 3.16. The fourth-order valence-corrected chi connectivity index (χ4v) is 5.17. The Hall–Kier alpha value is -2.64. The number of amides is 1. The molecule has 2 aromatic carbocycles. The molecule has 5 rings (SSSR count). The van der Waals surface area contributed by atoms with Gasteiger partial charge in [0.05, 0.1) is 5.52 Å². The Morgan fingerprint density at radius 1 is 1.11 bits per heavy atom. The van der Waals surface area contributed by atoms with Gasteiger partial charge in [0.1, 0.15) is 5.15 Å². The highest BCUT2D eigenvalue weighted by Crippen LogP contribution is 2.32. The first-order chi connectivity index (χ1) is 17.0. The van der Waals surface area contributed by atoms with Crippen molar-refractivity contribution >= 4 is 62.1 Å². The van der Waals surface area contributed by atoms with Crippen molar-refractivity contribution in [3.05, 3.63) is 104 Å². The molecule has 0 radical (unpaired) electrons. The summed E-state index contributed by atoms with van der Waals surface area (Å²) in [5.74, 6) is 0. The Morgan fingerprint density at radius 2 is 1.94 bits per heavy atom. The Kier molecular flexibility index (Phi) is 7.25. The number of halogens is 3. The fraction of sp³-hybridized carbons (Fsp3) is 0.185. The molecule has 35 heavy (non-hydrogen) atoms. The molecular formula is C27H23BrCl2N4O. The smallest absolute Gasteiger partial charge is 0.326 e. The number of nitrogens with zero attached hydrogens (tertiary/aromatic N) is 3. The highest BCUT2D eigenvalue weighted by molar-refractivity contribution is 9.10. The van der Waals surface area contributed by atoms with Crippen molar-refractivity contribution in [2.24, 2.45) is 0 Å². The van der Waals surface area contributed by atoms with Gasteiger partial charge in [-0.3, -0.25) is 9.47 Å². The Balaban J connectivity index is 1.37. The number of nitrogens with one attached hydrogen (secondary N) is 1. The van der Waals surface area contributed by atoms with Gasteiger partial charge in [0, 0.05) is 59.4 Å². The van der Waals surface area contributed by atoms with Crippen molar-refractivity contribution in [1.82, 2.24) is 19.8 Å². The van der Waals surface area contributed by atoms with Crippen LogP contribution in [0.15, 0.2) is 71.3 Å². The third-order valence-corrected chi connectivity index (χ3v) is 7.12. The number of pyridine rings is 1. The number of carbonyl (C=O) groups is 1. The summed E-state index contributed by atoms with van der Waals surface area (Å²) in [5.41, 5.74) is 5.22. The predicted molar refractivity (Wildman–Crippen MR) is 146 cm³/mol. The minimum Gasteiger partial charge on any atom is -0.333 e. The lowest BCUT2D eigenvalue weighted by molar-refractivity contribution is 0.240. The van der Waals surface area contributed by atoms with Crippen molar-refractivity contribution in [3.8, 4) is 0 Å². The van der Waals surface area contributed by atoms with Crippen molar-refractivity contribution in [3.63, 3.8) is 0 Å². The third kappa shape index (κ3) is 5.46. The minimum absolute atomic E-state index is 0.140. The van der Waals surface area contributed by atoms with Crippen LogP contribution in [0.3, 0.4) is 0 Å². The molecule has 3 heterocycles. The van der Waals surface area contributed by atoms with Crippen molar-refractivity contribution in [1.29, 1.82) is 0 Å². The maximum atomic E-state index is 13.3. The van der Waals surface area contributed by atoms with E-state index >= 15 is 0 Å². The van der Waals surface area contributed by atoms with E-state index in [0.717, 1.165) is 63.3 Å². The Morgan fingerprint density at radius 3 is 2.74 bits per heavy atom. The lowest BCUT2D eigenvalue weighted by Crippen LogP contribution is -2.34. The molecule has 0 bridgehead atoms. The van der Waals surface area contributed by atoms with E-state index in [2.05, 4.69) is 49.3 Å². The van der Waals surface area contributed by atoms with Crippen LogP contribution in [0.5, 0.6) is 0 Å². The monoisotopic (exact) mass is 568 g/mol. The zero-order valence-electron chi connectivity index (χ0n) is 18.8. The van der Waals surface area contributed by atoms with E-state index < -0.39 is 0 Å². The van der Waals surface area contributed by atoms with E-state index in [9.17, 15) is 4.79 Å². The second-order valence-electron chi connectivity index (χ2n) is 8.51. The lowest BCUT2D eigenvalue weighted by atomic mass is 10.0. The Bertz CT molecular complexity index is 1410. The van der Waals surface area contributed by atoms with Crippen molar-refractivity contribution < 1.29 is 4.79 Å². The van der Waals surface area contributed by atoms with Crippen LogP contribution in [0.4, 0.5) is 4.79 Å². The SMILES string of the molecule is O=C(NCc1ccnc(Cl)c1)n1c2c(c3ccc(Br)cc31)CN(C/C=C/c1ccc(Cl)cc1)CC2. The summed E-state index contributed by atoms with van der Waals surface area (Å²) in [7, 11) is 0. The summed E-state index contributed by atoms with van der Waals surface area (Å²) in [6.45, 7) is 2.88. The van der Waals surface area contributed by atoms with Gasteiger partial charge in [0.2, 0.25) is 0 Å². The molecule has 1 aliphatic heterocycles. The number of benzene rings is 2. The van der Waals surface area contributed by atoms with Crippen molar-refractivity contribution in [2.45, 2.75) is 19.5 Å². The molecule has 1 aliphatic rings. The minimum atomic E-state index is -0.140. The number of hydrogen-bond acceptors (Lipinski definition) is 3. The molecule has 2 aromatic heterocycles. The molecule has 8 heteroatoms. The van der Waals surface area contributed by atoms with Crippen LogP contribution >= 0.6 is 39.1 Å². The zero-order chi connectivity index (χ0) is 24.4. The topological polar surface area (TPSA) is 50.2 Å². The number of carbonyl (C=O) groups excluding carboxylic acids is 1. The van der Waals surface area contributed by atoms with Crippen LogP contribution in [0.2, 0.25) is 10.2 Å². The van der Waals surface area contributed by atoms with Gasteiger partial charge in [0.25, 0.3) is 0 Å².